The molecule has 0 saturated carbocycles. The molecule has 0 radical (unpaired) electrons. The van der Waals surface area contributed by atoms with Crippen molar-refractivity contribution in [2.45, 2.75) is 46.0 Å². The van der Waals surface area contributed by atoms with Crippen molar-refractivity contribution in [3.63, 3.8) is 0 Å². The number of nitrogens with zero attached hydrogens (tertiary/aromatic N) is 2. The first-order valence-electron chi connectivity index (χ1n) is 7.64. The summed E-state index contributed by atoms with van der Waals surface area (Å²) in [6, 6.07) is 0. The molecule has 1 saturated heterocycles. The minimum atomic E-state index is -0.756. The van der Waals surface area contributed by atoms with E-state index in [-0.39, 0.29) is 23.2 Å². The minimum absolute atomic E-state index is 0.000309. The fraction of sp³-hybridized carbons (Fsp3) is 0.688. The van der Waals surface area contributed by atoms with Gasteiger partial charge in [-0.15, -0.1) is 11.3 Å². The molecule has 1 aliphatic heterocycles. The fourth-order valence-electron chi connectivity index (χ4n) is 2.74. The smallest absolute Gasteiger partial charge is 0.306 e. The quantitative estimate of drug-likeness (QED) is 0.927. The standard InChI is InChI=1S/C16H24N2O3S/c1-10-8-18(6-5-12(10)14(20)21)13(19)7-11-9-22-15(17-11)16(2,3)4/h9-10,12H,5-8H2,1-4H3,(H,20,21). The van der Waals surface area contributed by atoms with Gasteiger partial charge in [-0.05, 0) is 12.3 Å². The monoisotopic (exact) mass is 324 g/mol. The zero-order valence-corrected chi connectivity index (χ0v) is 14.4. The first-order valence-corrected chi connectivity index (χ1v) is 8.52. The Labute approximate surface area is 135 Å². The van der Waals surface area contributed by atoms with Crippen LogP contribution in [0.5, 0.6) is 0 Å². The van der Waals surface area contributed by atoms with Crippen LogP contribution in [0.2, 0.25) is 0 Å². The number of piperidine rings is 1. The van der Waals surface area contributed by atoms with E-state index >= 15 is 0 Å². The zero-order valence-electron chi connectivity index (χ0n) is 13.6. The summed E-state index contributed by atoms with van der Waals surface area (Å²) in [6.45, 7) is 9.27. The lowest BCUT2D eigenvalue weighted by Crippen LogP contribution is -2.45. The number of hydrogen-bond donors (Lipinski definition) is 1. The molecule has 2 atom stereocenters. The van der Waals surface area contributed by atoms with Crippen LogP contribution in [0.25, 0.3) is 0 Å². The second kappa shape index (κ2) is 6.36. The topological polar surface area (TPSA) is 70.5 Å². The van der Waals surface area contributed by atoms with Crippen molar-refractivity contribution < 1.29 is 14.7 Å². The van der Waals surface area contributed by atoms with Crippen LogP contribution in [-0.4, -0.2) is 40.0 Å². The van der Waals surface area contributed by atoms with E-state index in [1.165, 1.54) is 0 Å². The lowest BCUT2D eigenvalue weighted by molar-refractivity contribution is -0.148. The first kappa shape index (κ1) is 16.9. The number of rotatable bonds is 3. The molecule has 2 unspecified atom stereocenters. The molecular weight excluding hydrogens is 300 g/mol. The highest BCUT2D eigenvalue weighted by molar-refractivity contribution is 7.09. The third kappa shape index (κ3) is 3.85. The number of thiazole rings is 1. The van der Waals surface area contributed by atoms with Gasteiger partial charge in [-0.3, -0.25) is 9.59 Å². The van der Waals surface area contributed by atoms with Gasteiger partial charge < -0.3 is 10.0 Å². The summed E-state index contributed by atoms with van der Waals surface area (Å²) in [5.74, 6) is -1.05. The van der Waals surface area contributed by atoms with E-state index in [0.717, 1.165) is 10.7 Å². The Morgan fingerprint density at radius 3 is 2.64 bits per heavy atom. The van der Waals surface area contributed by atoms with Crippen molar-refractivity contribution in [2.75, 3.05) is 13.1 Å². The van der Waals surface area contributed by atoms with Crippen molar-refractivity contribution in [3.05, 3.63) is 16.1 Å². The van der Waals surface area contributed by atoms with Crippen LogP contribution in [0.15, 0.2) is 5.38 Å². The van der Waals surface area contributed by atoms with Crippen molar-refractivity contribution in [2.24, 2.45) is 11.8 Å². The molecule has 0 aliphatic carbocycles. The summed E-state index contributed by atoms with van der Waals surface area (Å²) in [6.07, 6.45) is 0.837. The van der Waals surface area contributed by atoms with Crippen LogP contribution >= 0.6 is 11.3 Å². The van der Waals surface area contributed by atoms with E-state index in [0.29, 0.717) is 25.9 Å². The number of aromatic nitrogens is 1. The molecule has 1 aliphatic rings. The van der Waals surface area contributed by atoms with Crippen molar-refractivity contribution in [1.82, 2.24) is 9.88 Å². The van der Waals surface area contributed by atoms with Crippen molar-refractivity contribution in [3.8, 4) is 0 Å². The molecule has 1 amide bonds. The molecule has 1 N–H and O–H groups in total. The first-order chi connectivity index (χ1) is 10.2. The molecule has 6 heteroatoms. The van der Waals surface area contributed by atoms with Gasteiger partial charge in [-0.25, -0.2) is 4.98 Å². The van der Waals surface area contributed by atoms with Crippen LogP contribution < -0.4 is 0 Å². The van der Waals surface area contributed by atoms with E-state index in [1.54, 1.807) is 16.2 Å². The van der Waals surface area contributed by atoms with Gasteiger partial charge in [0.2, 0.25) is 5.91 Å². The molecule has 1 aromatic rings. The molecule has 1 fully saturated rings. The lowest BCUT2D eigenvalue weighted by atomic mass is 9.87. The second-order valence-corrected chi connectivity index (χ2v) is 7.98. The number of likely N-dealkylation sites (tertiary alicyclic amines) is 1. The van der Waals surface area contributed by atoms with Crippen molar-refractivity contribution in [1.29, 1.82) is 0 Å². The van der Waals surface area contributed by atoms with Crippen LogP contribution in [0.1, 0.15) is 44.8 Å². The molecular formula is C16H24N2O3S. The number of carboxylic acids is 1. The largest absolute Gasteiger partial charge is 0.481 e. The van der Waals surface area contributed by atoms with E-state index in [4.69, 9.17) is 5.11 Å². The van der Waals surface area contributed by atoms with Gasteiger partial charge in [0.1, 0.15) is 0 Å². The Balaban J connectivity index is 1.96. The summed E-state index contributed by atoms with van der Waals surface area (Å²) >= 11 is 1.59. The van der Waals surface area contributed by atoms with E-state index in [9.17, 15) is 9.59 Å². The Morgan fingerprint density at radius 1 is 1.45 bits per heavy atom. The third-order valence-corrected chi connectivity index (χ3v) is 5.42. The Hall–Kier alpha value is -1.43. The normalized spacial score (nSPS) is 22.6. The van der Waals surface area contributed by atoms with Gasteiger partial charge in [0.25, 0.3) is 0 Å². The van der Waals surface area contributed by atoms with Gasteiger partial charge in [-0.2, -0.15) is 0 Å². The Kier molecular flexibility index (Phi) is 4.90. The van der Waals surface area contributed by atoms with Gasteiger partial charge in [0, 0.05) is 23.9 Å². The van der Waals surface area contributed by atoms with E-state index in [2.05, 4.69) is 25.8 Å². The number of aliphatic carboxylic acids is 1. The highest BCUT2D eigenvalue weighted by atomic mass is 32.1. The minimum Gasteiger partial charge on any atom is -0.481 e. The number of carbonyl (C=O) groups is 2. The second-order valence-electron chi connectivity index (χ2n) is 7.12. The van der Waals surface area contributed by atoms with Gasteiger partial charge in [-0.1, -0.05) is 27.7 Å². The highest BCUT2D eigenvalue weighted by Crippen LogP contribution is 2.27. The van der Waals surface area contributed by atoms with Crippen LogP contribution in [0.4, 0.5) is 0 Å². The number of carboxylic acid groups (broad SMARTS) is 1. The van der Waals surface area contributed by atoms with E-state index in [1.807, 2.05) is 12.3 Å². The Morgan fingerprint density at radius 2 is 2.14 bits per heavy atom. The Bertz CT molecular complexity index is 562. The molecule has 0 spiro atoms. The fourth-order valence-corrected chi connectivity index (χ4v) is 3.65. The summed E-state index contributed by atoms with van der Waals surface area (Å²) in [5, 5.41) is 12.1. The molecule has 5 nitrogen and oxygen atoms in total. The maximum atomic E-state index is 12.4. The predicted molar refractivity (Wildman–Crippen MR) is 86.0 cm³/mol. The molecule has 122 valence electrons. The molecule has 2 heterocycles. The maximum Gasteiger partial charge on any atom is 0.306 e. The summed E-state index contributed by atoms with van der Waals surface area (Å²) < 4.78 is 0. The van der Waals surface area contributed by atoms with Gasteiger partial charge in [0.15, 0.2) is 0 Å². The average molecular weight is 324 g/mol. The number of amides is 1. The number of hydrogen-bond acceptors (Lipinski definition) is 4. The van der Waals surface area contributed by atoms with Gasteiger partial charge in [0.05, 0.1) is 23.0 Å². The van der Waals surface area contributed by atoms with Crippen LogP contribution in [0.3, 0.4) is 0 Å². The molecule has 22 heavy (non-hydrogen) atoms. The SMILES string of the molecule is CC1CN(C(=O)Cc2csc(C(C)(C)C)n2)CCC1C(=O)O. The van der Waals surface area contributed by atoms with Crippen molar-refractivity contribution >= 4 is 23.2 Å². The lowest BCUT2D eigenvalue weighted by Gasteiger charge is -2.34. The average Bonchev–Trinajstić information content (AvgIpc) is 2.86. The zero-order chi connectivity index (χ0) is 16.5. The third-order valence-electron chi connectivity index (χ3n) is 4.10. The predicted octanol–water partition coefficient (Wildman–Crippen LogP) is 2.55. The van der Waals surface area contributed by atoms with Crippen LogP contribution in [-0.2, 0) is 21.4 Å². The highest BCUT2D eigenvalue weighted by Gasteiger charge is 2.33. The number of carbonyl (C=O) groups excluding carboxylic acids is 1. The molecule has 1 aromatic heterocycles. The molecule has 0 aromatic carbocycles. The summed E-state index contributed by atoms with van der Waals surface area (Å²) in [7, 11) is 0. The molecule has 2 rings (SSSR count). The maximum absolute atomic E-state index is 12.4. The summed E-state index contributed by atoms with van der Waals surface area (Å²) in [4.78, 5) is 29.8. The van der Waals surface area contributed by atoms with E-state index < -0.39 is 5.97 Å². The summed E-state index contributed by atoms with van der Waals surface area (Å²) in [5.41, 5.74) is 0.813. The van der Waals surface area contributed by atoms with Crippen LogP contribution in [0, 0.1) is 11.8 Å². The molecule has 0 bridgehead atoms. The van der Waals surface area contributed by atoms with Gasteiger partial charge >= 0.3 is 5.97 Å².